The normalized spacial score (nSPS) is 24.8. The van der Waals surface area contributed by atoms with E-state index >= 15 is 0 Å². The molecule has 0 unspecified atom stereocenters. The Hall–Kier alpha value is -0.570. The summed E-state index contributed by atoms with van der Waals surface area (Å²) in [7, 11) is 0. The summed E-state index contributed by atoms with van der Waals surface area (Å²) < 4.78 is 0. The van der Waals surface area contributed by atoms with Crippen LogP contribution in [0, 0.1) is 5.92 Å². The van der Waals surface area contributed by atoms with Crippen molar-refractivity contribution in [2.24, 2.45) is 11.7 Å². The van der Waals surface area contributed by atoms with Crippen LogP contribution in [0.15, 0.2) is 0 Å². The van der Waals surface area contributed by atoms with E-state index in [0.717, 1.165) is 19.3 Å². The van der Waals surface area contributed by atoms with Crippen molar-refractivity contribution in [1.82, 2.24) is 5.32 Å². The maximum absolute atomic E-state index is 12.0. The second-order valence-corrected chi connectivity index (χ2v) is 5.95. The van der Waals surface area contributed by atoms with E-state index in [9.17, 15) is 4.79 Å². The standard InChI is InChI=1S/C14H26N2O/c15-11-14(8-5-9-14)16-13(17)10-12-6-3-1-2-4-7-12/h12H,1-11,15H2,(H,16,17). The van der Waals surface area contributed by atoms with Gasteiger partial charge in [-0.3, -0.25) is 4.79 Å². The Morgan fingerprint density at radius 2 is 1.76 bits per heavy atom. The lowest BCUT2D eigenvalue weighted by molar-refractivity contribution is -0.125. The molecule has 0 aromatic heterocycles. The molecule has 3 N–H and O–H groups in total. The maximum atomic E-state index is 12.0. The predicted molar refractivity (Wildman–Crippen MR) is 69.6 cm³/mol. The minimum absolute atomic E-state index is 0.0399. The molecule has 2 aliphatic carbocycles. The van der Waals surface area contributed by atoms with Crippen molar-refractivity contribution < 1.29 is 4.79 Å². The van der Waals surface area contributed by atoms with Crippen molar-refractivity contribution in [3.05, 3.63) is 0 Å². The third-order valence-corrected chi connectivity index (χ3v) is 4.55. The SMILES string of the molecule is NCC1(NC(=O)CC2CCCCCC2)CCC1. The summed E-state index contributed by atoms with van der Waals surface area (Å²) in [6, 6.07) is 0. The highest BCUT2D eigenvalue weighted by Crippen LogP contribution is 2.31. The molecule has 0 radical (unpaired) electrons. The summed E-state index contributed by atoms with van der Waals surface area (Å²) in [6.45, 7) is 0.601. The van der Waals surface area contributed by atoms with Crippen LogP contribution in [0.5, 0.6) is 0 Å². The molecule has 2 fully saturated rings. The summed E-state index contributed by atoms with van der Waals surface area (Å²) in [5.74, 6) is 0.856. The number of nitrogens with one attached hydrogen (secondary N) is 1. The first-order valence-corrected chi connectivity index (χ1v) is 7.25. The molecule has 98 valence electrons. The molecule has 3 heteroatoms. The fourth-order valence-corrected chi connectivity index (χ4v) is 3.16. The Morgan fingerprint density at radius 1 is 1.12 bits per heavy atom. The Morgan fingerprint density at radius 3 is 2.24 bits per heavy atom. The number of carbonyl (C=O) groups excluding carboxylic acids is 1. The van der Waals surface area contributed by atoms with Crippen LogP contribution in [-0.4, -0.2) is 18.0 Å². The van der Waals surface area contributed by atoms with Gasteiger partial charge in [0.15, 0.2) is 0 Å². The molecule has 0 heterocycles. The number of hydrogen-bond donors (Lipinski definition) is 2. The average Bonchev–Trinajstić information content (AvgIpc) is 2.52. The van der Waals surface area contributed by atoms with Gasteiger partial charge in [0.1, 0.15) is 0 Å². The van der Waals surface area contributed by atoms with Gasteiger partial charge >= 0.3 is 0 Å². The van der Waals surface area contributed by atoms with Crippen molar-refractivity contribution >= 4 is 5.91 Å². The van der Waals surface area contributed by atoms with Gasteiger partial charge in [0.05, 0.1) is 5.54 Å². The molecule has 0 aromatic carbocycles. The summed E-state index contributed by atoms with van der Waals surface area (Å²) in [5.41, 5.74) is 5.72. The maximum Gasteiger partial charge on any atom is 0.220 e. The zero-order valence-corrected chi connectivity index (χ0v) is 10.8. The van der Waals surface area contributed by atoms with Crippen LogP contribution in [-0.2, 0) is 4.79 Å². The highest BCUT2D eigenvalue weighted by Gasteiger charge is 2.37. The van der Waals surface area contributed by atoms with Gasteiger partial charge in [-0.2, -0.15) is 0 Å². The van der Waals surface area contributed by atoms with E-state index in [1.54, 1.807) is 0 Å². The highest BCUT2D eigenvalue weighted by molar-refractivity contribution is 5.77. The van der Waals surface area contributed by atoms with Gasteiger partial charge in [-0.1, -0.05) is 25.7 Å². The molecule has 0 bridgehead atoms. The van der Waals surface area contributed by atoms with Crippen molar-refractivity contribution in [3.8, 4) is 0 Å². The first-order valence-electron chi connectivity index (χ1n) is 7.25. The molecule has 0 saturated heterocycles. The summed E-state index contributed by atoms with van der Waals surface area (Å²) in [6.07, 6.45) is 11.9. The molecule has 0 spiro atoms. The number of carbonyl (C=O) groups is 1. The molecule has 3 nitrogen and oxygen atoms in total. The van der Waals surface area contributed by atoms with Gasteiger partial charge in [-0.15, -0.1) is 0 Å². The Bertz CT molecular complexity index is 247. The lowest BCUT2D eigenvalue weighted by Gasteiger charge is -2.41. The molecule has 17 heavy (non-hydrogen) atoms. The van der Waals surface area contributed by atoms with Crippen molar-refractivity contribution in [2.45, 2.75) is 69.7 Å². The first-order chi connectivity index (χ1) is 8.24. The summed E-state index contributed by atoms with van der Waals surface area (Å²) in [5, 5.41) is 3.18. The van der Waals surface area contributed by atoms with E-state index in [4.69, 9.17) is 5.73 Å². The summed E-state index contributed by atoms with van der Waals surface area (Å²) in [4.78, 5) is 12.0. The van der Waals surface area contributed by atoms with Crippen molar-refractivity contribution in [3.63, 3.8) is 0 Å². The van der Waals surface area contributed by atoms with Gasteiger partial charge < -0.3 is 11.1 Å². The van der Waals surface area contributed by atoms with Crippen LogP contribution in [0.25, 0.3) is 0 Å². The molecule has 0 aliphatic heterocycles. The fourth-order valence-electron chi connectivity index (χ4n) is 3.16. The lowest BCUT2D eigenvalue weighted by atomic mass is 9.76. The quantitative estimate of drug-likeness (QED) is 0.739. The molecule has 2 aliphatic rings. The first kappa shape index (κ1) is 12.9. The van der Waals surface area contributed by atoms with Crippen molar-refractivity contribution in [1.29, 1.82) is 0 Å². The minimum Gasteiger partial charge on any atom is -0.349 e. The van der Waals surface area contributed by atoms with E-state index in [-0.39, 0.29) is 11.4 Å². The van der Waals surface area contributed by atoms with Crippen molar-refractivity contribution in [2.75, 3.05) is 6.54 Å². The van der Waals surface area contributed by atoms with Crippen LogP contribution in [0.4, 0.5) is 0 Å². The van der Waals surface area contributed by atoms with E-state index in [1.807, 2.05) is 0 Å². The van der Waals surface area contributed by atoms with E-state index in [1.165, 1.54) is 44.9 Å². The highest BCUT2D eigenvalue weighted by atomic mass is 16.1. The van der Waals surface area contributed by atoms with Crippen LogP contribution < -0.4 is 11.1 Å². The van der Waals surface area contributed by atoms with E-state index in [2.05, 4.69) is 5.32 Å². The molecule has 2 rings (SSSR count). The molecule has 0 aromatic rings. The fraction of sp³-hybridized carbons (Fsp3) is 0.929. The zero-order valence-electron chi connectivity index (χ0n) is 10.8. The molecular weight excluding hydrogens is 212 g/mol. The Labute approximate surface area is 105 Å². The number of nitrogens with two attached hydrogens (primary N) is 1. The van der Waals surface area contributed by atoms with Gasteiger partial charge in [-0.05, 0) is 38.0 Å². The van der Waals surface area contributed by atoms with E-state index in [0.29, 0.717) is 12.5 Å². The smallest absolute Gasteiger partial charge is 0.220 e. The van der Waals surface area contributed by atoms with Crippen LogP contribution in [0.1, 0.15) is 64.2 Å². The lowest BCUT2D eigenvalue weighted by Crippen LogP contribution is -2.58. The van der Waals surface area contributed by atoms with E-state index < -0.39 is 0 Å². The van der Waals surface area contributed by atoms with Gasteiger partial charge in [0.2, 0.25) is 5.91 Å². The minimum atomic E-state index is -0.0399. The molecule has 1 amide bonds. The Balaban J connectivity index is 1.76. The van der Waals surface area contributed by atoms with Crippen LogP contribution in [0.3, 0.4) is 0 Å². The third-order valence-electron chi connectivity index (χ3n) is 4.55. The van der Waals surface area contributed by atoms with Gasteiger partial charge in [-0.25, -0.2) is 0 Å². The largest absolute Gasteiger partial charge is 0.349 e. The second kappa shape index (κ2) is 5.85. The van der Waals surface area contributed by atoms with Gasteiger partial charge in [0, 0.05) is 13.0 Å². The van der Waals surface area contributed by atoms with Crippen LogP contribution >= 0.6 is 0 Å². The molecule has 2 saturated carbocycles. The predicted octanol–water partition coefficient (Wildman–Crippen LogP) is 2.34. The second-order valence-electron chi connectivity index (χ2n) is 5.95. The van der Waals surface area contributed by atoms with Crippen LogP contribution in [0.2, 0.25) is 0 Å². The average molecular weight is 238 g/mol. The number of amides is 1. The summed E-state index contributed by atoms with van der Waals surface area (Å²) >= 11 is 0. The third kappa shape index (κ3) is 3.44. The van der Waals surface area contributed by atoms with Gasteiger partial charge in [0.25, 0.3) is 0 Å². The molecule has 0 atom stereocenters. The molecular formula is C14H26N2O. The number of hydrogen-bond acceptors (Lipinski definition) is 2. The topological polar surface area (TPSA) is 55.1 Å². The monoisotopic (exact) mass is 238 g/mol. The Kier molecular flexibility index (Phi) is 4.43. The number of rotatable bonds is 4. The zero-order chi connectivity index (χ0) is 12.1.